The highest BCUT2D eigenvalue weighted by Gasteiger charge is 2.21. The Morgan fingerprint density at radius 3 is 2.92 bits per heavy atom. The summed E-state index contributed by atoms with van der Waals surface area (Å²) >= 11 is 0. The fourth-order valence-electron chi connectivity index (χ4n) is 2.18. The number of nitrogens with two attached hydrogens (primary N) is 1. The molecule has 0 radical (unpaired) electrons. The van der Waals surface area contributed by atoms with Crippen LogP contribution in [0.4, 0.5) is 5.82 Å². The van der Waals surface area contributed by atoms with Crippen molar-refractivity contribution in [2.45, 2.75) is 45.8 Å². The largest absolute Gasteiger partial charge is 0.382 e. The molecule has 2 aromatic heterocycles. The van der Waals surface area contributed by atoms with Crippen LogP contribution >= 0.6 is 7.60 Å². The number of aromatic nitrogens is 4. The first-order valence-electron chi connectivity index (χ1n) is 7.92. The Bertz CT molecular complexity index is 708. The van der Waals surface area contributed by atoms with E-state index >= 15 is 0 Å². The monoisotopic (exact) mass is 357 g/mol. The lowest BCUT2D eigenvalue weighted by molar-refractivity contribution is 0.0715. The third-order valence-electron chi connectivity index (χ3n) is 3.45. The number of unbranched alkanes of at least 4 members (excludes halogenated alkanes) is 2. The summed E-state index contributed by atoms with van der Waals surface area (Å²) in [5.41, 5.74) is 6.86. The van der Waals surface area contributed by atoms with Crippen molar-refractivity contribution in [1.29, 1.82) is 0 Å². The van der Waals surface area contributed by atoms with Crippen molar-refractivity contribution in [3.8, 4) is 0 Å². The Kier molecular flexibility index (Phi) is 6.68. The number of anilines is 1. The Morgan fingerprint density at radius 1 is 1.38 bits per heavy atom. The molecule has 2 atom stereocenters. The lowest BCUT2D eigenvalue weighted by Gasteiger charge is -2.17. The molecule has 0 amide bonds. The maximum absolute atomic E-state index is 11.9. The van der Waals surface area contributed by atoms with Crippen LogP contribution in [0.25, 0.3) is 11.2 Å². The van der Waals surface area contributed by atoms with Crippen molar-refractivity contribution >= 4 is 24.6 Å². The van der Waals surface area contributed by atoms with Gasteiger partial charge in [0, 0.05) is 0 Å². The number of rotatable bonds is 10. The van der Waals surface area contributed by atoms with Gasteiger partial charge in [0.1, 0.15) is 18.2 Å². The van der Waals surface area contributed by atoms with Crippen molar-refractivity contribution in [2.24, 2.45) is 0 Å². The molecule has 0 fully saturated rings. The number of fused-ring (bicyclic) bond motifs is 1. The zero-order valence-corrected chi connectivity index (χ0v) is 14.9. The predicted molar refractivity (Wildman–Crippen MR) is 90.5 cm³/mol. The molecule has 0 bridgehead atoms. The van der Waals surface area contributed by atoms with E-state index in [0.717, 1.165) is 19.3 Å². The third kappa shape index (κ3) is 5.24. The van der Waals surface area contributed by atoms with E-state index in [-0.39, 0.29) is 19.1 Å². The average Bonchev–Trinajstić information content (AvgIpc) is 2.94. The zero-order valence-electron chi connectivity index (χ0n) is 14.0. The van der Waals surface area contributed by atoms with Crippen molar-refractivity contribution in [3.63, 3.8) is 0 Å². The standard InChI is InChI=1S/C14H24N5O4P/c1-3-4-5-6-23-24(20,21)10-22-11(2)7-19-9-18-12-13(15)16-8-17-14(12)19/h8-9,11H,3-7,10H2,1-2H3,(H,20,21)(H2,15,16,17). The van der Waals surface area contributed by atoms with Crippen LogP contribution in [-0.4, -0.2) is 43.5 Å². The van der Waals surface area contributed by atoms with Gasteiger partial charge in [-0.3, -0.25) is 4.57 Å². The first-order chi connectivity index (χ1) is 11.4. The second-order valence-electron chi connectivity index (χ2n) is 5.61. The van der Waals surface area contributed by atoms with Crippen LogP contribution in [0.5, 0.6) is 0 Å². The van der Waals surface area contributed by atoms with Gasteiger partial charge in [-0.1, -0.05) is 19.8 Å². The van der Waals surface area contributed by atoms with Crippen LogP contribution in [0, 0.1) is 0 Å². The molecule has 0 aliphatic carbocycles. The van der Waals surface area contributed by atoms with Crippen LogP contribution in [0.1, 0.15) is 33.1 Å². The highest BCUT2D eigenvalue weighted by atomic mass is 31.2. The Morgan fingerprint density at radius 2 is 2.17 bits per heavy atom. The highest BCUT2D eigenvalue weighted by molar-refractivity contribution is 7.52. The second-order valence-corrected chi connectivity index (χ2v) is 7.40. The minimum atomic E-state index is -3.73. The van der Waals surface area contributed by atoms with Crippen molar-refractivity contribution in [1.82, 2.24) is 19.5 Å². The molecule has 3 N–H and O–H groups in total. The average molecular weight is 357 g/mol. The van der Waals surface area contributed by atoms with E-state index in [1.807, 2.05) is 0 Å². The topological polar surface area (TPSA) is 125 Å². The molecule has 0 spiro atoms. The summed E-state index contributed by atoms with van der Waals surface area (Å²) in [6.45, 7) is 4.54. The molecule has 134 valence electrons. The summed E-state index contributed by atoms with van der Waals surface area (Å²) in [6.07, 6.45) is 5.06. The lowest BCUT2D eigenvalue weighted by Crippen LogP contribution is -2.17. The number of hydrogen-bond acceptors (Lipinski definition) is 7. The SMILES string of the molecule is CCCCCOP(=O)(O)COC(C)Cn1cnc2c(N)ncnc21. The minimum absolute atomic E-state index is 0.266. The van der Waals surface area contributed by atoms with Gasteiger partial charge in [0.2, 0.25) is 0 Å². The molecule has 0 saturated heterocycles. The summed E-state index contributed by atoms with van der Waals surface area (Å²) in [7, 11) is -3.73. The number of nitrogen functional groups attached to an aromatic ring is 1. The van der Waals surface area contributed by atoms with Crippen LogP contribution in [0.2, 0.25) is 0 Å². The fraction of sp³-hybridized carbons (Fsp3) is 0.643. The molecule has 0 saturated carbocycles. The van der Waals surface area contributed by atoms with Gasteiger partial charge in [-0.2, -0.15) is 0 Å². The number of imidazole rings is 1. The summed E-state index contributed by atoms with van der Waals surface area (Å²) in [4.78, 5) is 21.9. The zero-order chi connectivity index (χ0) is 17.6. The molecule has 2 aromatic rings. The molecular formula is C14H24N5O4P. The van der Waals surface area contributed by atoms with Crippen LogP contribution < -0.4 is 5.73 Å². The Labute approximate surface area is 140 Å². The molecule has 2 heterocycles. The highest BCUT2D eigenvalue weighted by Crippen LogP contribution is 2.42. The first kappa shape index (κ1) is 18.8. The van der Waals surface area contributed by atoms with Gasteiger partial charge in [-0.25, -0.2) is 15.0 Å². The Balaban J connectivity index is 1.85. The molecule has 2 unspecified atom stereocenters. The molecular weight excluding hydrogens is 333 g/mol. The van der Waals surface area contributed by atoms with Gasteiger partial charge in [-0.05, 0) is 13.3 Å². The third-order valence-corrected chi connectivity index (χ3v) is 4.51. The number of nitrogens with zero attached hydrogens (tertiary/aromatic N) is 4. The van der Waals surface area contributed by atoms with Crippen LogP contribution in [-0.2, 0) is 20.4 Å². The molecule has 0 aliphatic rings. The van der Waals surface area contributed by atoms with Crippen LogP contribution in [0.15, 0.2) is 12.7 Å². The van der Waals surface area contributed by atoms with E-state index in [9.17, 15) is 9.46 Å². The van der Waals surface area contributed by atoms with Gasteiger partial charge in [0.05, 0.1) is 25.6 Å². The first-order valence-corrected chi connectivity index (χ1v) is 9.68. The summed E-state index contributed by atoms with van der Waals surface area (Å²) in [5, 5.41) is 0. The number of hydrogen-bond donors (Lipinski definition) is 2. The van der Waals surface area contributed by atoms with Crippen molar-refractivity contribution in [2.75, 3.05) is 18.7 Å². The van der Waals surface area contributed by atoms with Gasteiger partial charge in [0.25, 0.3) is 0 Å². The van der Waals surface area contributed by atoms with Gasteiger partial charge in [-0.15, -0.1) is 0 Å². The van der Waals surface area contributed by atoms with Crippen molar-refractivity contribution in [3.05, 3.63) is 12.7 Å². The van der Waals surface area contributed by atoms with E-state index in [1.165, 1.54) is 6.33 Å². The van der Waals surface area contributed by atoms with E-state index in [4.69, 9.17) is 15.0 Å². The maximum atomic E-state index is 11.9. The van der Waals surface area contributed by atoms with Gasteiger partial charge < -0.3 is 24.5 Å². The summed E-state index contributed by atoms with van der Waals surface area (Å²) in [6, 6.07) is 0. The van der Waals surface area contributed by atoms with Gasteiger partial charge in [0.15, 0.2) is 11.5 Å². The molecule has 10 heteroatoms. The van der Waals surface area contributed by atoms with E-state index < -0.39 is 7.60 Å². The molecule has 9 nitrogen and oxygen atoms in total. The molecule has 0 aromatic carbocycles. The molecule has 2 rings (SSSR count). The quantitative estimate of drug-likeness (QED) is 0.489. The van der Waals surface area contributed by atoms with Crippen LogP contribution in [0.3, 0.4) is 0 Å². The normalized spacial score (nSPS) is 15.5. The Hall–Kier alpha value is -1.54. The predicted octanol–water partition coefficient (Wildman–Crippen LogP) is 2.16. The second kappa shape index (κ2) is 8.53. The fourth-order valence-corrected chi connectivity index (χ4v) is 3.11. The smallest absolute Gasteiger partial charge is 0.353 e. The van der Waals surface area contributed by atoms with E-state index in [1.54, 1.807) is 17.8 Å². The summed E-state index contributed by atoms with van der Waals surface area (Å²) < 4.78 is 24.1. The van der Waals surface area contributed by atoms with E-state index in [0.29, 0.717) is 23.5 Å². The minimum Gasteiger partial charge on any atom is -0.382 e. The molecule has 0 aliphatic heterocycles. The van der Waals surface area contributed by atoms with Gasteiger partial charge >= 0.3 is 7.60 Å². The number of ether oxygens (including phenoxy) is 1. The lowest BCUT2D eigenvalue weighted by atomic mass is 10.3. The van der Waals surface area contributed by atoms with Crippen molar-refractivity contribution < 1.29 is 18.7 Å². The maximum Gasteiger partial charge on any atom is 0.353 e. The summed E-state index contributed by atoms with van der Waals surface area (Å²) in [5.74, 6) is 0.313. The molecule has 24 heavy (non-hydrogen) atoms. The van der Waals surface area contributed by atoms with E-state index in [2.05, 4.69) is 21.9 Å².